The summed E-state index contributed by atoms with van der Waals surface area (Å²) >= 11 is 0. The number of phenols is 1. The van der Waals surface area contributed by atoms with E-state index in [1.165, 1.54) is 0 Å². The Hall–Kier alpha value is -4.33. The zero-order valence-corrected chi connectivity index (χ0v) is 20.1. The largest absolute Gasteiger partial charge is 0.508 e. The number of ether oxygens (including phenoxy) is 1. The van der Waals surface area contributed by atoms with E-state index in [-0.39, 0.29) is 30.1 Å². The summed E-state index contributed by atoms with van der Waals surface area (Å²) in [5.41, 5.74) is 3.33. The van der Waals surface area contributed by atoms with Gasteiger partial charge in [-0.3, -0.25) is 14.2 Å². The Bertz CT molecular complexity index is 1420. The van der Waals surface area contributed by atoms with Gasteiger partial charge in [-0.05, 0) is 60.7 Å². The molecule has 4 aromatic rings. The van der Waals surface area contributed by atoms with Gasteiger partial charge in [0.25, 0.3) is 5.56 Å². The number of piperazine rings is 1. The molecule has 1 aliphatic rings. The summed E-state index contributed by atoms with van der Waals surface area (Å²) in [4.78, 5) is 35.1. The molecule has 1 aliphatic heterocycles. The summed E-state index contributed by atoms with van der Waals surface area (Å²) in [6.45, 7) is 2.66. The lowest BCUT2D eigenvalue weighted by molar-refractivity contribution is -0.131. The van der Waals surface area contributed by atoms with Gasteiger partial charge in [0.15, 0.2) is 0 Å². The van der Waals surface area contributed by atoms with Crippen LogP contribution in [0.15, 0.2) is 77.6 Å². The first-order valence-corrected chi connectivity index (χ1v) is 12.0. The van der Waals surface area contributed by atoms with Gasteiger partial charge in [-0.25, -0.2) is 4.98 Å². The Morgan fingerprint density at radius 2 is 1.58 bits per heavy atom. The Morgan fingerprint density at radius 3 is 2.28 bits per heavy atom. The summed E-state index contributed by atoms with van der Waals surface area (Å²) in [6, 6.07) is 21.9. The van der Waals surface area contributed by atoms with Crippen molar-refractivity contribution in [3.8, 4) is 17.2 Å². The third kappa shape index (κ3) is 4.75. The predicted octanol–water partition coefficient (Wildman–Crippen LogP) is 3.38. The van der Waals surface area contributed by atoms with Gasteiger partial charge in [0.1, 0.15) is 17.2 Å². The van der Waals surface area contributed by atoms with E-state index in [1.54, 1.807) is 23.8 Å². The molecule has 36 heavy (non-hydrogen) atoms. The van der Waals surface area contributed by atoms with Crippen molar-refractivity contribution in [2.45, 2.75) is 12.8 Å². The number of rotatable bonds is 6. The highest BCUT2D eigenvalue weighted by Gasteiger charge is 2.22. The summed E-state index contributed by atoms with van der Waals surface area (Å²) in [7, 11) is 1.60. The molecule has 184 valence electrons. The average molecular weight is 485 g/mol. The van der Waals surface area contributed by atoms with Gasteiger partial charge in [-0.1, -0.05) is 12.1 Å². The van der Waals surface area contributed by atoms with E-state index in [2.05, 4.69) is 9.88 Å². The van der Waals surface area contributed by atoms with Crippen LogP contribution in [0.2, 0.25) is 0 Å². The van der Waals surface area contributed by atoms with Gasteiger partial charge < -0.3 is 19.6 Å². The molecule has 0 aliphatic carbocycles. The fourth-order valence-electron chi connectivity index (χ4n) is 4.59. The molecule has 0 bridgehead atoms. The lowest BCUT2D eigenvalue weighted by Gasteiger charge is -2.36. The van der Waals surface area contributed by atoms with Crippen LogP contribution in [0.3, 0.4) is 0 Å². The third-order valence-electron chi connectivity index (χ3n) is 6.58. The Morgan fingerprint density at radius 1 is 0.917 bits per heavy atom. The fourth-order valence-corrected chi connectivity index (χ4v) is 4.59. The maximum atomic E-state index is 13.5. The first-order valence-electron chi connectivity index (χ1n) is 12.0. The van der Waals surface area contributed by atoms with E-state index in [0.29, 0.717) is 35.6 Å². The summed E-state index contributed by atoms with van der Waals surface area (Å²) in [5, 5.41) is 9.50. The Labute approximate surface area is 209 Å². The number of aromatic hydroxyl groups is 1. The van der Waals surface area contributed by atoms with E-state index in [4.69, 9.17) is 4.74 Å². The van der Waals surface area contributed by atoms with Crippen LogP contribution in [0, 0.1) is 0 Å². The number of anilines is 1. The van der Waals surface area contributed by atoms with Crippen molar-refractivity contribution in [1.29, 1.82) is 0 Å². The molecule has 8 heteroatoms. The van der Waals surface area contributed by atoms with E-state index in [9.17, 15) is 14.7 Å². The van der Waals surface area contributed by atoms with E-state index >= 15 is 0 Å². The van der Waals surface area contributed by atoms with E-state index in [0.717, 1.165) is 24.5 Å². The number of nitrogens with zero attached hydrogens (tertiary/aromatic N) is 4. The monoisotopic (exact) mass is 484 g/mol. The van der Waals surface area contributed by atoms with Crippen LogP contribution in [-0.2, 0) is 11.2 Å². The number of hydrogen-bond acceptors (Lipinski definition) is 6. The maximum Gasteiger partial charge on any atom is 0.277 e. The molecule has 3 aromatic carbocycles. The van der Waals surface area contributed by atoms with Crippen LogP contribution >= 0.6 is 0 Å². The van der Waals surface area contributed by atoms with Gasteiger partial charge in [0.05, 0.1) is 18.1 Å². The number of methoxy groups -OCH3 is 1. The van der Waals surface area contributed by atoms with Crippen molar-refractivity contribution in [1.82, 2.24) is 14.5 Å². The second-order valence-corrected chi connectivity index (χ2v) is 8.77. The second-order valence-electron chi connectivity index (χ2n) is 8.77. The molecule has 2 heterocycles. The molecule has 1 saturated heterocycles. The number of carbonyl (C=O) groups excluding carboxylic acids is 1. The highest BCUT2D eigenvalue weighted by atomic mass is 16.5. The molecule has 1 amide bonds. The molecule has 0 radical (unpaired) electrons. The standard InChI is InChI=1S/C28H28N4O4/c1-36-23-12-8-21(9-13-23)32-26-5-3-2-4-24(26)29-25(28(32)35)14-15-27(34)31-18-16-30(17-19-31)20-6-10-22(33)11-7-20/h2-13,33H,14-19H2,1H3. The molecule has 1 N–H and O–H groups in total. The lowest BCUT2D eigenvalue weighted by Crippen LogP contribution is -2.48. The molecule has 0 atom stereocenters. The lowest BCUT2D eigenvalue weighted by atomic mass is 10.1. The second kappa shape index (κ2) is 10.1. The molecule has 0 spiro atoms. The maximum absolute atomic E-state index is 13.5. The van der Waals surface area contributed by atoms with Gasteiger partial charge in [0.2, 0.25) is 5.91 Å². The van der Waals surface area contributed by atoms with Gasteiger partial charge in [-0.2, -0.15) is 0 Å². The normalized spacial score (nSPS) is 13.7. The SMILES string of the molecule is COc1ccc(-n2c(=O)c(CCC(=O)N3CCN(c4ccc(O)cc4)CC3)nc3ccccc32)cc1. The fraction of sp³-hybridized carbons (Fsp3) is 0.250. The topological polar surface area (TPSA) is 87.9 Å². The number of aryl methyl sites for hydroxylation is 1. The van der Waals surface area contributed by atoms with Crippen molar-refractivity contribution in [3.63, 3.8) is 0 Å². The zero-order valence-electron chi connectivity index (χ0n) is 20.1. The number of aromatic nitrogens is 2. The first-order chi connectivity index (χ1) is 17.5. The van der Waals surface area contributed by atoms with Crippen molar-refractivity contribution in [2.24, 2.45) is 0 Å². The molecule has 1 aromatic heterocycles. The van der Waals surface area contributed by atoms with Crippen molar-refractivity contribution in [2.75, 3.05) is 38.2 Å². The number of carbonyl (C=O) groups is 1. The van der Waals surface area contributed by atoms with Crippen molar-refractivity contribution in [3.05, 3.63) is 88.8 Å². The molecule has 0 unspecified atom stereocenters. The Balaban J connectivity index is 1.31. The highest BCUT2D eigenvalue weighted by molar-refractivity contribution is 5.78. The highest BCUT2D eigenvalue weighted by Crippen LogP contribution is 2.21. The van der Waals surface area contributed by atoms with Crippen LogP contribution in [0.5, 0.6) is 11.5 Å². The predicted molar refractivity (Wildman–Crippen MR) is 139 cm³/mol. The van der Waals surface area contributed by atoms with Gasteiger partial charge >= 0.3 is 0 Å². The van der Waals surface area contributed by atoms with Gasteiger partial charge in [-0.15, -0.1) is 0 Å². The molecule has 1 fully saturated rings. The summed E-state index contributed by atoms with van der Waals surface area (Å²) < 4.78 is 6.90. The molecule has 0 saturated carbocycles. The first kappa shape index (κ1) is 23.4. The van der Waals surface area contributed by atoms with Crippen LogP contribution in [0.4, 0.5) is 5.69 Å². The minimum atomic E-state index is -0.219. The Kier molecular flexibility index (Phi) is 6.58. The van der Waals surface area contributed by atoms with Crippen molar-refractivity contribution < 1.29 is 14.6 Å². The molecule has 8 nitrogen and oxygen atoms in total. The quantitative estimate of drug-likeness (QED) is 0.452. The number of hydrogen-bond donors (Lipinski definition) is 1. The summed E-state index contributed by atoms with van der Waals surface area (Å²) in [5.74, 6) is 0.966. The van der Waals surface area contributed by atoms with Crippen LogP contribution in [0.1, 0.15) is 12.1 Å². The number of benzene rings is 3. The number of phenolic OH excluding ortho intramolecular Hbond substituents is 1. The molecular weight excluding hydrogens is 456 g/mol. The minimum absolute atomic E-state index is 0.0192. The van der Waals surface area contributed by atoms with E-state index in [1.807, 2.05) is 65.6 Å². The summed E-state index contributed by atoms with van der Waals surface area (Å²) in [6.07, 6.45) is 0.499. The third-order valence-corrected chi connectivity index (χ3v) is 6.58. The van der Waals surface area contributed by atoms with Crippen LogP contribution in [-0.4, -0.2) is 58.8 Å². The zero-order chi connectivity index (χ0) is 25.1. The molecular formula is C28H28N4O4. The number of fused-ring (bicyclic) bond motifs is 1. The minimum Gasteiger partial charge on any atom is -0.508 e. The number of amides is 1. The van der Waals surface area contributed by atoms with Crippen LogP contribution < -0.4 is 15.2 Å². The van der Waals surface area contributed by atoms with Gasteiger partial charge in [0, 0.05) is 50.4 Å². The smallest absolute Gasteiger partial charge is 0.277 e. The molecule has 5 rings (SSSR count). The van der Waals surface area contributed by atoms with Crippen LogP contribution in [0.25, 0.3) is 16.7 Å². The van der Waals surface area contributed by atoms with E-state index < -0.39 is 0 Å². The average Bonchev–Trinajstić information content (AvgIpc) is 2.92. The number of para-hydroxylation sites is 2. The van der Waals surface area contributed by atoms with Crippen molar-refractivity contribution >= 4 is 22.6 Å².